The number of anilines is 1. The molecule has 2 fully saturated rings. The van der Waals surface area contributed by atoms with Crippen LogP contribution >= 0.6 is 0 Å². The fourth-order valence-corrected chi connectivity index (χ4v) is 7.42. The lowest BCUT2D eigenvalue weighted by Gasteiger charge is -2.43. The van der Waals surface area contributed by atoms with E-state index in [1.165, 1.54) is 12.1 Å². The number of H-pyrrole nitrogens is 1. The molecule has 6 rings (SSSR count). The van der Waals surface area contributed by atoms with Gasteiger partial charge in [-0.15, -0.1) is 0 Å². The minimum Gasteiger partial charge on any atom is -0.353 e. The molecule has 8 nitrogen and oxygen atoms in total. The first-order valence-electron chi connectivity index (χ1n) is 13.0. The van der Waals surface area contributed by atoms with Gasteiger partial charge in [0.1, 0.15) is 23.6 Å². The molecule has 0 amide bonds. The van der Waals surface area contributed by atoms with Gasteiger partial charge in [-0.1, -0.05) is 42.5 Å². The summed E-state index contributed by atoms with van der Waals surface area (Å²) in [6.07, 6.45) is 6.21. The molecule has 0 atom stereocenters. The van der Waals surface area contributed by atoms with E-state index >= 15 is 0 Å². The Balaban J connectivity index is 1.23. The lowest BCUT2D eigenvalue weighted by atomic mass is 10.1. The third-order valence-corrected chi connectivity index (χ3v) is 9.85. The summed E-state index contributed by atoms with van der Waals surface area (Å²) in [5, 5.41) is 0.948. The highest BCUT2D eigenvalue weighted by Gasteiger charge is 2.57. The summed E-state index contributed by atoms with van der Waals surface area (Å²) in [7, 11) is -3.73. The van der Waals surface area contributed by atoms with Crippen molar-refractivity contribution in [3.8, 4) is 0 Å². The minimum absolute atomic E-state index is 0.295. The van der Waals surface area contributed by atoms with Crippen molar-refractivity contribution >= 4 is 27.1 Å². The van der Waals surface area contributed by atoms with E-state index in [0.717, 1.165) is 40.8 Å². The number of hydrogen-bond donors (Lipinski definition) is 1. The summed E-state index contributed by atoms with van der Waals surface area (Å²) < 4.78 is 45.2. The molecular formula is C28H31FN6O2S. The lowest BCUT2D eigenvalue weighted by molar-refractivity contribution is 0.245. The molecule has 0 radical (unpaired) electrons. The number of halogens is 1. The van der Waals surface area contributed by atoms with E-state index in [0.29, 0.717) is 45.6 Å². The predicted molar refractivity (Wildman–Crippen MR) is 146 cm³/mol. The second-order valence-electron chi connectivity index (χ2n) is 10.2. The molecule has 1 N–H and O–H groups in total. The van der Waals surface area contributed by atoms with Crippen LogP contribution in [0, 0.1) is 5.82 Å². The Morgan fingerprint density at radius 3 is 2.34 bits per heavy atom. The fraction of sp³-hybridized carbons (Fsp3) is 0.357. The van der Waals surface area contributed by atoms with Crippen LogP contribution in [0.3, 0.4) is 0 Å². The molecule has 198 valence electrons. The number of nitrogens with one attached hydrogen (secondary N) is 1. The molecule has 3 heterocycles. The highest BCUT2D eigenvalue weighted by Crippen LogP contribution is 2.47. The Hall–Kier alpha value is -3.34. The maximum atomic E-state index is 14.2. The third kappa shape index (κ3) is 4.91. The third-order valence-electron chi connectivity index (χ3n) is 7.71. The van der Waals surface area contributed by atoms with Crippen LogP contribution in [0.2, 0.25) is 0 Å². The summed E-state index contributed by atoms with van der Waals surface area (Å²) in [6.45, 7) is 2.29. The number of aromatic nitrogens is 3. The number of rotatable bonds is 9. The standard InChI is InChI=1S/C28H31FN6O2S/c29-24-8-6-23(7-9-24)12-17-34(16-11-22-4-2-1-3-5-22)38(36,37)35-19-18-33(20-28(35)13-14-28)27-25-10-15-30-26(25)31-21-32-27/h1-10,15,21H,11-14,16-20H2,(H,30,31,32). The van der Waals surface area contributed by atoms with Gasteiger partial charge in [0.15, 0.2) is 0 Å². The summed E-state index contributed by atoms with van der Waals surface area (Å²) in [4.78, 5) is 14.2. The Morgan fingerprint density at radius 2 is 1.63 bits per heavy atom. The summed E-state index contributed by atoms with van der Waals surface area (Å²) in [5.74, 6) is 0.549. The van der Waals surface area contributed by atoms with E-state index in [4.69, 9.17) is 0 Å². The molecule has 10 heteroatoms. The highest BCUT2D eigenvalue weighted by atomic mass is 32.2. The molecule has 1 saturated carbocycles. The number of hydrogen-bond acceptors (Lipinski definition) is 5. The van der Waals surface area contributed by atoms with Crippen molar-refractivity contribution in [3.05, 3.63) is 90.1 Å². The molecule has 2 aromatic heterocycles. The number of benzene rings is 2. The quantitative estimate of drug-likeness (QED) is 0.353. The first-order chi connectivity index (χ1) is 18.4. The Bertz CT molecular complexity index is 1510. The van der Waals surface area contributed by atoms with Gasteiger partial charge in [-0.3, -0.25) is 0 Å². The normalized spacial score (nSPS) is 17.5. The fourth-order valence-electron chi connectivity index (χ4n) is 5.45. The average Bonchev–Trinajstić information content (AvgIpc) is 3.50. The van der Waals surface area contributed by atoms with Gasteiger partial charge in [-0.2, -0.15) is 17.0 Å². The van der Waals surface area contributed by atoms with E-state index in [-0.39, 0.29) is 5.82 Å². The lowest BCUT2D eigenvalue weighted by Crippen LogP contribution is -2.60. The Morgan fingerprint density at radius 1 is 0.921 bits per heavy atom. The number of nitrogens with zero attached hydrogens (tertiary/aromatic N) is 5. The van der Waals surface area contributed by atoms with E-state index in [9.17, 15) is 12.8 Å². The Labute approximate surface area is 222 Å². The molecule has 0 bridgehead atoms. The predicted octanol–water partition coefficient (Wildman–Crippen LogP) is 3.78. The largest absolute Gasteiger partial charge is 0.353 e. The molecule has 2 aromatic carbocycles. The molecule has 1 aliphatic heterocycles. The van der Waals surface area contributed by atoms with Crippen molar-refractivity contribution in [3.63, 3.8) is 0 Å². The van der Waals surface area contributed by atoms with Crippen molar-refractivity contribution in [2.75, 3.05) is 37.6 Å². The van der Waals surface area contributed by atoms with Crippen LogP contribution in [0.1, 0.15) is 24.0 Å². The zero-order valence-corrected chi connectivity index (χ0v) is 21.9. The number of aromatic amines is 1. The van der Waals surface area contributed by atoms with Crippen LogP contribution in [0.25, 0.3) is 11.0 Å². The van der Waals surface area contributed by atoms with Crippen LogP contribution in [0.4, 0.5) is 10.2 Å². The van der Waals surface area contributed by atoms with Crippen molar-refractivity contribution in [1.29, 1.82) is 0 Å². The van der Waals surface area contributed by atoms with Gasteiger partial charge in [0.05, 0.1) is 10.9 Å². The van der Waals surface area contributed by atoms with Gasteiger partial charge in [-0.05, 0) is 55.0 Å². The van der Waals surface area contributed by atoms with Gasteiger partial charge in [-0.25, -0.2) is 14.4 Å². The summed E-state index contributed by atoms with van der Waals surface area (Å²) >= 11 is 0. The van der Waals surface area contributed by atoms with E-state index in [2.05, 4.69) is 19.9 Å². The first-order valence-corrected chi connectivity index (χ1v) is 14.4. The zero-order chi connectivity index (χ0) is 26.2. The van der Waals surface area contributed by atoms with E-state index < -0.39 is 15.7 Å². The second-order valence-corrected chi connectivity index (χ2v) is 12.0. The molecular weight excluding hydrogens is 503 g/mol. The van der Waals surface area contributed by atoms with Gasteiger partial charge < -0.3 is 9.88 Å². The van der Waals surface area contributed by atoms with E-state index in [1.807, 2.05) is 42.6 Å². The topological polar surface area (TPSA) is 85.4 Å². The van der Waals surface area contributed by atoms with Crippen LogP contribution in [0.15, 0.2) is 73.2 Å². The summed E-state index contributed by atoms with van der Waals surface area (Å²) in [5.41, 5.74) is 2.37. The van der Waals surface area contributed by atoms with Gasteiger partial charge >= 0.3 is 0 Å². The van der Waals surface area contributed by atoms with E-state index in [1.54, 1.807) is 27.1 Å². The molecule has 1 aliphatic carbocycles. The number of piperazine rings is 1. The molecule has 1 saturated heterocycles. The molecule has 4 aromatic rings. The smallest absolute Gasteiger partial charge is 0.282 e. The summed E-state index contributed by atoms with van der Waals surface area (Å²) in [6, 6.07) is 18.2. The van der Waals surface area contributed by atoms with Crippen molar-refractivity contribution in [2.45, 2.75) is 31.2 Å². The van der Waals surface area contributed by atoms with Crippen molar-refractivity contribution < 1.29 is 12.8 Å². The molecule has 2 aliphatic rings. The van der Waals surface area contributed by atoms with Crippen LogP contribution in [0.5, 0.6) is 0 Å². The first kappa shape index (κ1) is 25.0. The maximum Gasteiger partial charge on any atom is 0.282 e. The van der Waals surface area contributed by atoms with Crippen LogP contribution < -0.4 is 4.90 Å². The minimum atomic E-state index is -3.73. The average molecular weight is 535 g/mol. The highest BCUT2D eigenvalue weighted by molar-refractivity contribution is 7.86. The molecule has 1 spiro atoms. The monoisotopic (exact) mass is 534 g/mol. The zero-order valence-electron chi connectivity index (χ0n) is 21.1. The van der Waals surface area contributed by atoms with Crippen molar-refractivity contribution in [2.24, 2.45) is 0 Å². The maximum absolute atomic E-state index is 14.2. The van der Waals surface area contributed by atoms with Crippen LogP contribution in [-0.4, -0.2) is 70.2 Å². The second kappa shape index (κ2) is 10.1. The van der Waals surface area contributed by atoms with Crippen LogP contribution in [-0.2, 0) is 23.1 Å². The van der Waals surface area contributed by atoms with Gasteiger partial charge in [0.2, 0.25) is 0 Å². The van der Waals surface area contributed by atoms with Gasteiger partial charge in [0.25, 0.3) is 10.2 Å². The van der Waals surface area contributed by atoms with Crippen molar-refractivity contribution in [1.82, 2.24) is 23.6 Å². The Kier molecular flexibility index (Phi) is 6.63. The molecule has 0 unspecified atom stereocenters. The van der Waals surface area contributed by atoms with Gasteiger partial charge in [0, 0.05) is 38.9 Å². The molecule has 38 heavy (non-hydrogen) atoms. The SMILES string of the molecule is O=S(=O)(N(CCc1ccccc1)CCc1ccc(F)cc1)N1CCN(c2ncnc3[nH]ccc23)CC12CC2. The number of fused-ring (bicyclic) bond motifs is 1.